The molecule has 0 bridgehead atoms. The van der Waals surface area contributed by atoms with E-state index in [1.165, 1.54) is 15.8 Å². The topological polar surface area (TPSA) is 51.0 Å². The second kappa shape index (κ2) is 8.31. The van der Waals surface area contributed by atoms with Crippen LogP contribution in [-0.2, 0) is 11.3 Å². The van der Waals surface area contributed by atoms with Crippen molar-refractivity contribution in [2.45, 2.75) is 25.8 Å². The summed E-state index contributed by atoms with van der Waals surface area (Å²) in [5.41, 5.74) is 8.64. The monoisotopic (exact) mass is 478 g/mol. The van der Waals surface area contributed by atoms with Crippen LogP contribution in [0, 0.1) is 11.8 Å². The second-order valence-corrected chi connectivity index (χ2v) is 10.7. The van der Waals surface area contributed by atoms with E-state index in [2.05, 4.69) is 75.1 Å². The highest BCUT2D eigenvalue weighted by Crippen LogP contribution is 2.34. The van der Waals surface area contributed by atoms with Gasteiger partial charge < -0.3 is 9.47 Å². The minimum absolute atomic E-state index is 0.300. The Balaban J connectivity index is 1.19. The average Bonchev–Trinajstić information content (AvgIpc) is 3.30. The molecule has 1 aliphatic carbocycles. The summed E-state index contributed by atoms with van der Waals surface area (Å²) in [6.45, 7) is 2.63. The maximum Gasteiger partial charge on any atom is 0.225 e. The molecule has 5 aromatic rings. The molecule has 0 radical (unpaired) electrons. The minimum Gasteiger partial charge on any atom is -0.342 e. The van der Waals surface area contributed by atoms with Crippen LogP contribution < -0.4 is 0 Å². The first kappa shape index (κ1) is 20.8. The van der Waals surface area contributed by atoms with E-state index in [1.807, 2.05) is 11.6 Å². The lowest BCUT2D eigenvalue weighted by molar-refractivity contribution is -0.131. The molecule has 5 nitrogen and oxygen atoms in total. The highest BCUT2D eigenvalue weighted by Gasteiger charge is 2.36. The van der Waals surface area contributed by atoms with E-state index >= 15 is 0 Å². The zero-order valence-corrected chi connectivity index (χ0v) is 20.2. The molecule has 7 rings (SSSR count). The Hall–Kier alpha value is -3.51. The van der Waals surface area contributed by atoms with E-state index in [4.69, 9.17) is 4.98 Å². The summed E-state index contributed by atoms with van der Waals surface area (Å²) < 4.78 is 3.57. The van der Waals surface area contributed by atoms with E-state index in [0.29, 0.717) is 17.7 Å². The van der Waals surface area contributed by atoms with Gasteiger partial charge in [0.2, 0.25) is 5.91 Å². The number of imidazole rings is 1. The van der Waals surface area contributed by atoms with Gasteiger partial charge in [0, 0.05) is 31.1 Å². The van der Waals surface area contributed by atoms with E-state index in [9.17, 15) is 4.79 Å². The molecule has 2 fully saturated rings. The van der Waals surface area contributed by atoms with Crippen LogP contribution in [0.25, 0.3) is 43.8 Å². The maximum atomic E-state index is 12.6. The molecule has 3 heterocycles. The van der Waals surface area contributed by atoms with Gasteiger partial charge in [-0.1, -0.05) is 42.5 Å². The highest BCUT2D eigenvalue weighted by atomic mass is 32.1. The fourth-order valence-electron chi connectivity index (χ4n) is 5.36. The molecule has 1 aliphatic heterocycles. The first-order chi connectivity index (χ1) is 17.2. The van der Waals surface area contributed by atoms with Gasteiger partial charge in [0.05, 0.1) is 26.8 Å². The third kappa shape index (κ3) is 3.82. The van der Waals surface area contributed by atoms with E-state index in [-0.39, 0.29) is 0 Å². The molecule has 2 aromatic heterocycles. The first-order valence-corrected chi connectivity index (χ1v) is 13.3. The van der Waals surface area contributed by atoms with Crippen molar-refractivity contribution in [1.82, 2.24) is 19.4 Å². The maximum absolute atomic E-state index is 12.6. The van der Waals surface area contributed by atoms with E-state index in [0.717, 1.165) is 66.8 Å². The van der Waals surface area contributed by atoms with Gasteiger partial charge in [-0.05, 0) is 60.6 Å². The molecule has 1 amide bonds. The molecule has 0 N–H and O–H groups in total. The minimum atomic E-state index is 0.300. The first-order valence-electron chi connectivity index (χ1n) is 12.4. The summed E-state index contributed by atoms with van der Waals surface area (Å²) in [5, 5.41) is 0. The molecule has 35 heavy (non-hydrogen) atoms. The fourth-order valence-corrected chi connectivity index (χ4v) is 6.07. The predicted molar refractivity (Wildman–Crippen MR) is 141 cm³/mol. The largest absolute Gasteiger partial charge is 0.342 e. The van der Waals surface area contributed by atoms with Gasteiger partial charge in [0.15, 0.2) is 0 Å². The van der Waals surface area contributed by atoms with Crippen molar-refractivity contribution in [2.75, 3.05) is 13.1 Å². The molecule has 2 aliphatic rings. The Labute approximate surface area is 208 Å². The molecule has 0 spiro atoms. The third-order valence-electron chi connectivity index (χ3n) is 7.43. The number of nitrogens with zero attached hydrogens (tertiary/aromatic N) is 4. The number of benzene rings is 3. The fraction of sp³-hybridized carbons (Fsp3) is 0.276. The van der Waals surface area contributed by atoms with Crippen molar-refractivity contribution in [3.05, 3.63) is 72.2 Å². The Kier molecular flexibility index (Phi) is 4.94. The Morgan fingerprint density at radius 2 is 1.71 bits per heavy atom. The van der Waals surface area contributed by atoms with Crippen LogP contribution in [0.15, 0.2) is 72.2 Å². The van der Waals surface area contributed by atoms with Crippen molar-refractivity contribution in [1.29, 1.82) is 0 Å². The summed E-state index contributed by atoms with van der Waals surface area (Å²) in [6.07, 6.45) is 3.21. The van der Waals surface area contributed by atoms with Crippen LogP contribution in [0.2, 0.25) is 0 Å². The average molecular weight is 479 g/mol. The van der Waals surface area contributed by atoms with Crippen LogP contribution in [0.3, 0.4) is 0 Å². The quantitative estimate of drug-likeness (QED) is 0.300. The SMILES string of the molecule is O=C(C1CC1)N1CCC(Cn2c(-c3ccc(-c4ccc5ncsc5c4)cc3)nc3ccccc32)C1. The molecule has 174 valence electrons. The van der Waals surface area contributed by atoms with Crippen molar-refractivity contribution in [3.8, 4) is 22.5 Å². The molecule has 1 unspecified atom stereocenters. The molecule has 1 saturated heterocycles. The van der Waals surface area contributed by atoms with Gasteiger partial charge in [-0.2, -0.15) is 0 Å². The van der Waals surface area contributed by atoms with Gasteiger partial charge in [-0.3, -0.25) is 4.79 Å². The zero-order chi connectivity index (χ0) is 23.4. The van der Waals surface area contributed by atoms with Crippen LogP contribution in [0.4, 0.5) is 0 Å². The summed E-state index contributed by atoms with van der Waals surface area (Å²) in [5.74, 6) is 2.13. The lowest BCUT2D eigenvalue weighted by Gasteiger charge is -2.18. The van der Waals surface area contributed by atoms with Gasteiger partial charge in [0.1, 0.15) is 5.82 Å². The lowest BCUT2D eigenvalue weighted by Crippen LogP contribution is -2.30. The molecule has 6 heteroatoms. The molecule has 1 saturated carbocycles. The number of thiazole rings is 1. The summed E-state index contributed by atoms with van der Waals surface area (Å²) in [7, 11) is 0. The summed E-state index contributed by atoms with van der Waals surface area (Å²) in [6, 6.07) is 23.6. The van der Waals surface area contributed by atoms with Gasteiger partial charge in [0.25, 0.3) is 0 Å². The predicted octanol–water partition coefficient (Wildman–Crippen LogP) is 6.24. The normalized spacial score (nSPS) is 18.1. The van der Waals surface area contributed by atoms with Gasteiger partial charge in [-0.15, -0.1) is 11.3 Å². The molecular formula is C29H26N4OS. The second-order valence-electron chi connectivity index (χ2n) is 9.86. The number of rotatable bonds is 5. The van der Waals surface area contributed by atoms with Gasteiger partial charge in [-0.25, -0.2) is 9.97 Å². The smallest absolute Gasteiger partial charge is 0.225 e. The number of fused-ring (bicyclic) bond motifs is 2. The van der Waals surface area contributed by atoms with Crippen LogP contribution >= 0.6 is 11.3 Å². The van der Waals surface area contributed by atoms with Crippen LogP contribution in [0.5, 0.6) is 0 Å². The molecular weight excluding hydrogens is 452 g/mol. The number of likely N-dealkylation sites (tertiary alicyclic amines) is 1. The number of amides is 1. The number of para-hydroxylation sites is 2. The van der Waals surface area contributed by atoms with Crippen molar-refractivity contribution >= 4 is 38.5 Å². The lowest BCUT2D eigenvalue weighted by atomic mass is 10.0. The third-order valence-corrected chi connectivity index (χ3v) is 8.22. The van der Waals surface area contributed by atoms with E-state index in [1.54, 1.807) is 11.3 Å². The van der Waals surface area contributed by atoms with Crippen LogP contribution in [-0.4, -0.2) is 38.4 Å². The molecule has 3 aromatic carbocycles. The summed E-state index contributed by atoms with van der Waals surface area (Å²) in [4.78, 5) is 24.1. The molecule has 1 atom stereocenters. The highest BCUT2D eigenvalue weighted by molar-refractivity contribution is 7.16. The number of hydrogen-bond donors (Lipinski definition) is 0. The summed E-state index contributed by atoms with van der Waals surface area (Å²) >= 11 is 1.67. The van der Waals surface area contributed by atoms with Crippen molar-refractivity contribution in [3.63, 3.8) is 0 Å². The standard InChI is InChI=1S/C29H26N4OS/c34-29(22-9-10-22)32-14-13-19(16-32)17-33-26-4-2-1-3-24(26)31-28(33)21-7-5-20(6-8-21)23-11-12-25-27(15-23)35-18-30-25/h1-8,11-12,15,18-19,22H,9-10,13-14,16-17H2. The number of carbonyl (C=O) groups excluding carboxylic acids is 1. The zero-order valence-electron chi connectivity index (χ0n) is 19.4. The van der Waals surface area contributed by atoms with Crippen molar-refractivity contribution in [2.24, 2.45) is 11.8 Å². The van der Waals surface area contributed by atoms with Crippen LogP contribution in [0.1, 0.15) is 19.3 Å². The number of hydrogen-bond acceptors (Lipinski definition) is 4. The Bertz CT molecular complexity index is 1550. The number of aromatic nitrogens is 3. The van der Waals surface area contributed by atoms with Crippen molar-refractivity contribution < 1.29 is 4.79 Å². The van der Waals surface area contributed by atoms with Gasteiger partial charge >= 0.3 is 0 Å². The Morgan fingerprint density at radius 3 is 2.57 bits per heavy atom. The van der Waals surface area contributed by atoms with E-state index < -0.39 is 0 Å². The number of carbonyl (C=O) groups is 1. The Morgan fingerprint density at radius 1 is 0.914 bits per heavy atom.